The van der Waals surface area contributed by atoms with E-state index in [9.17, 15) is 18.4 Å². The molecule has 0 aromatic heterocycles. The fraction of sp³-hybridized carbons (Fsp3) is 0.176. The Bertz CT molecular complexity index is 791. The van der Waals surface area contributed by atoms with Crippen molar-refractivity contribution in [1.82, 2.24) is 0 Å². The average molecular weight is 385 g/mol. The Hall–Kier alpha value is -2.18. The molecular formula is C17H12Cl2F2N2O2. The van der Waals surface area contributed by atoms with Gasteiger partial charge in [0, 0.05) is 11.1 Å². The molecule has 8 heteroatoms. The van der Waals surface area contributed by atoms with Crippen molar-refractivity contribution in [1.29, 1.82) is 0 Å². The minimum absolute atomic E-state index is 0.127. The molecule has 2 aromatic carbocycles. The summed E-state index contributed by atoms with van der Waals surface area (Å²) >= 11 is 11.8. The van der Waals surface area contributed by atoms with E-state index in [0.717, 1.165) is 12.1 Å². The van der Waals surface area contributed by atoms with Crippen LogP contribution in [0.3, 0.4) is 0 Å². The molecule has 25 heavy (non-hydrogen) atoms. The van der Waals surface area contributed by atoms with Crippen molar-refractivity contribution in [2.45, 2.75) is 6.42 Å². The lowest BCUT2D eigenvalue weighted by Crippen LogP contribution is -2.21. The van der Waals surface area contributed by atoms with Gasteiger partial charge in [-0.1, -0.05) is 23.2 Å². The summed E-state index contributed by atoms with van der Waals surface area (Å²) in [6.07, 6.45) is 0.339. The highest BCUT2D eigenvalue weighted by Gasteiger charge is 2.48. The Morgan fingerprint density at radius 3 is 2.12 bits per heavy atom. The van der Waals surface area contributed by atoms with Crippen molar-refractivity contribution in [3.8, 4) is 0 Å². The summed E-state index contributed by atoms with van der Waals surface area (Å²) in [7, 11) is 0. The monoisotopic (exact) mass is 384 g/mol. The van der Waals surface area contributed by atoms with E-state index in [1.807, 2.05) is 0 Å². The predicted molar refractivity (Wildman–Crippen MR) is 91.7 cm³/mol. The summed E-state index contributed by atoms with van der Waals surface area (Å²) in [6.45, 7) is 0. The van der Waals surface area contributed by atoms with Crippen molar-refractivity contribution < 1.29 is 18.4 Å². The van der Waals surface area contributed by atoms with Gasteiger partial charge < -0.3 is 10.6 Å². The zero-order valence-electron chi connectivity index (χ0n) is 12.7. The molecule has 130 valence electrons. The molecule has 2 amide bonds. The van der Waals surface area contributed by atoms with Crippen LogP contribution in [0.1, 0.15) is 6.42 Å². The van der Waals surface area contributed by atoms with Crippen LogP contribution < -0.4 is 10.6 Å². The van der Waals surface area contributed by atoms with Crippen molar-refractivity contribution in [3.05, 3.63) is 58.1 Å². The van der Waals surface area contributed by atoms with Crippen LogP contribution in [0.4, 0.5) is 20.2 Å². The van der Waals surface area contributed by atoms with Crippen LogP contribution in [0.5, 0.6) is 0 Å². The Morgan fingerprint density at radius 2 is 1.52 bits per heavy atom. The third-order valence-electron chi connectivity index (χ3n) is 3.84. The number of anilines is 2. The summed E-state index contributed by atoms with van der Waals surface area (Å²) < 4.78 is 26.4. The van der Waals surface area contributed by atoms with E-state index in [0.29, 0.717) is 23.2 Å². The normalized spacial score (nSPS) is 18.6. The van der Waals surface area contributed by atoms with Crippen LogP contribution in [0.2, 0.25) is 10.0 Å². The third kappa shape index (κ3) is 4.08. The summed E-state index contributed by atoms with van der Waals surface area (Å²) in [6, 6.07) is 7.49. The maximum atomic E-state index is 13.6. The molecule has 1 saturated carbocycles. The fourth-order valence-electron chi connectivity index (χ4n) is 2.41. The SMILES string of the molecule is O=C(Nc1ccc(F)cc1F)C1CC1C(=O)Nc1ccc(Cl)cc1Cl. The molecule has 0 spiro atoms. The Kier molecular flexibility index (Phi) is 4.92. The zero-order chi connectivity index (χ0) is 18.1. The van der Waals surface area contributed by atoms with Crippen molar-refractivity contribution >= 4 is 46.4 Å². The summed E-state index contributed by atoms with van der Waals surface area (Å²) in [5, 5.41) is 5.72. The van der Waals surface area contributed by atoms with E-state index >= 15 is 0 Å². The molecule has 3 rings (SSSR count). The first-order valence-electron chi connectivity index (χ1n) is 7.37. The van der Waals surface area contributed by atoms with E-state index in [2.05, 4.69) is 10.6 Å². The van der Waals surface area contributed by atoms with E-state index in [4.69, 9.17) is 23.2 Å². The molecule has 0 bridgehead atoms. The van der Waals surface area contributed by atoms with Crippen molar-refractivity contribution in [3.63, 3.8) is 0 Å². The first-order valence-corrected chi connectivity index (χ1v) is 8.12. The number of rotatable bonds is 4. The minimum Gasteiger partial charge on any atom is -0.325 e. The van der Waals surface area contributed by atoms with Crippen LogP contribution in [-0.2, 0) is 9.59 Å². The first kappa shape index (κ1) is 17.6. The van der Waals surface area contributed by atoms with Gasteiger partial charge in [0.25, 0.3) is 0 Å². The molecule has 0 saturated heterocycles. The number of hydrogen-bond acceptors (Lipinski definition) is 2. The van der Waals surface area contributed by atoms with Crippen molar-refractivity contribution in [2.24, 2.45) is 11.8 Å². The molecule has 0 aliphatic heterocycles. The van der Waals surface area contributed by atoms with Gasteiger partial charge in [0.1, 0.15) is 11.6 Å². The average Bonchev–Trinajstić information content (AvgIpc) is 3.33. The summed E-state index contributed by atoms with van der Waals surface area (Å²) in [5.41, 5.74) is 0.268. The highest BCUT2D eigenvalue weighted by Crippen LogP contribution is 2.41. The van der Waals surface area contributed by atoms with Crippen molar-refractivity contribution in [2.75, 3.05) is 10.6 Å². The van der Waals surface area contributed by atoms with Gasteiger partial charge >= 0.3 is 0 Å². The predicted octanol–water partition coefficient (Wildman–Crippen LogP) is 4.48. The first-order chi connectivity index (χ1) is 11.8. The van der Waals surface area contributed by atoms with E-state index in [1.54, 1.807) is 12.1 Å². The largest absolute Gasteiger partial charge is 0.325 e. The molecule has 2 unspecified atom stereocenters. The zero-order valence-corrected chi connectivity index (χ0v) is 14.2. The van der Waals surface area contributed by atoms with Crippen LogP contribution in [0, 0.1) is 23.5 Å². The molecule has 2 N–H and O–H groups in total. The van der Waals surface area contributed by atoms with E-state index in [1.165, 1.54) is 6.07 Å². The lowest BCUT2D eigenvalue weighted by molar-refractivity contribution is -0.122. The smallest absolute Gasteiger partial charge is 0.228 e. The second kappa shape index (κ2) is 6.98. The molecule has 2 aromatic rings. The summed E-state index contributed by atoms with van der Waals surface area (Å²) in [4.78, 5) is 24.3. The number of nitrogens with one attached hydrogen (secondary N) is 2. The minimum atomic E-state index is -0.872. The maximum Gasteiger partial charge on any atom is 0.228 e. The van der Waals surface area contributed by atoms with Gasteiger partial charge in [0.05, 0.1) is 28.2 Å². The van der Waals surface area contributed by atoms with Crippen LogP contribution in [0.15, 0.2) is 36.4 Å². The third-order valence-corrected chi connectivity index (χ3v) is 4.39. The molecule has 1 aliphatic carbocycles. The Labute approximate surface area is 152 Å². The van der Waals surface area contributed by atoms with Gasteiger partial charge in [-0.05, 0) is 36.8 Å². The van der Waals surface area contributed by atoms with Crippen LogP contribution in [0.25, 0.3) is 0 Å². The second-order valence-corrected chi connectivity index (χ2v) is 6.52. The van der Waals surface area contributed by atoms with Gasteiger partial charge in [0.2, 0.25) is 11.8 Å². The Balaban J connectivity index is 1.59. The number of carbonyl (C=O) groups excluding carboxylic acids is 2. The fourth-order valence-corrected chi connectivity index (χ4v) is 2.86. The Morgan fingerprint density at radius 1 is 0.920 bits per heavy atom. The molecular weight excluding hydrogens is 373 g/mol. The van der Waals surface area contributed by atoms with E-state index in [-0.39, 0.29) is 16.6 Å². The quantitative estimate of drug-likeness (QED) is 0.815. The van der Waals surface area contributed by atoms with Crippen LogP contribution in [-0.4, -0.2) is 11.8 Å². The maximum absolute atomic E-state index is 13.6. The molecule has 0 radical (unpaired) electrons. The van der Waals surface area contributed by atoms with Gasteiger partial charge in [-0.25, -0.2) is 8.78 Å². The second-order valence-electron chi connectivity index (χ2n) is 5.68. The van der Waals surface area contributed by atoms with Gasteiger partial charge in [-0.3, -0.25) is 9.59 Å². The summed E-state index contributed by atoms with van der Waals surface area (Å²) in [5.74, 6) is -3.57. The number of halogens is 4. The molecule has 4 nitrogen and oxygen atoms in total. The van der Waals surface area contributed by atoms with Gasteiger partial charge in [-0.2, -0.15) is 0 Å². The van der Waals surface area contributed by atoms with E-state index < -0.39 is 29.4 Å². The van der Waals surface area contributed by atoms with Crippen LogP contribution >= 0.6 is 23.2 Å². The lowest BCUT2D eigenvalue weighted by Gasteiger charge is -2.08. The number of hydrogen-bond donors (Lipinski definition) is 2. The molecule has 1 aliphatic rings. The highest BCUT2D eigenvalue weighted by molar-refractivity contribution is 6.36. The number of benzene rings is 2. The standard InChI is InChI=1S/C17H12Cl2F2N2O2/c18-8-1-3-14(12(19)5-8)22-16(24)10-7-11(10)17(25)23-15-4-2-9(20)6-13(15)21/h1-6,10-11H,7H2,(H,22,24)(H,23,25). The van der Waals surface area contributed by atoms with Gasteiger partial charge in [-0.15, -0.1) is 0 Å². The van der Waals surface area contributed by atoms with Gasteiger partial charge in [0.15, 0.2) is 0 Å². The highest BCUT2D eigenvalue weighted by atomic mass is 35.5. The molecule has 2 atom stereocenters. The topological polar surface area (TPSA) is 58.2 Å². The molecule has 1 fully saturated rings. The molecule has 0 heterocycles. The number of carbonyl (C=O) groups is 2. The number of amides is 2. The lowest BCUT2D eigenvalue weighted by atomic mass is 10.2.